The van der Waals surface area contributed by atoms with E-state index in [0.717, 1.165) is 12.1 Å². The largest absolute Gasteiger partial charge is 0.352 e. The van der Waals surface area contributed by atoms with E-state index in [4.69, 9.17) is 0 Å². The van der Waals surface area contributed by atoms with Gasteiger partial charge in [-0.2, -0.15) is 0 Å². The van der Waals surface area contributed by atoms with E-state index in [1.807, 2.05) is 45.0 Å². The standard InChI is InChI=1S/C16H26N4O.HI/c1-6-12-8-7-9-13(10-12)19-14(21)11-18-15(17-5)20-16(2,3)4;/h7-10H,6,11H2,1-5H3,(H,19,21)(H2,17,18,20);1H. The van der Waals surface area contributed by atoms with Crippen LogP contribution in [-0.2, 0) is 11.2 Å². The topological polar surface area (TPSA) is 65.5 Å². The van der Waals surface area contributed by atoms with Gasteiger partial charge < -0.3 is 16.0 Å². The van der Waals surface area contributed by atoms with E-state index in [9.17, 15) is 4.79 Å². The van der Waals surface area contributed by atoms with Crippen LogP contribution < -0.4 is 16.0 Å². The van der Waals surface area contributed by atoms with E-state index >= 15 is 0 Å². The van der Waals surface area contributed by atoms with E-state index in [1.54, 1.807) is 7.05 Å². The van der Waals surface area contributed by atoms with Crippen LogP contribution in [0.15, 0.2) is 29.3 Å². The molecule has 1 aromatic rings. The zero-order chi connectivity index (χ0) is 15.9. The van der Waals surface area contributed by atoms with Crippen molar-refractivity contribution in [1.29, 1.82) is 0 Å². The molecule has 0 saturated heterocycles. The highest BCUT2D eigenvalue weighted by Crippen LogP contribution is 2.10. The van der Waals surface area contributed by atoms with Gasteiger partial charge in [0.05, 0.1) is 6.54 Å². The Balaban J connectivity index is 0.00000441. The Morgan fingerprint density at radius 1 is 1.27 bits per heavy atom. The molecule has 0 spiro atoms. The highest BCUT2D eigenvalue weighted by Gasteiger charge is 2.12. The first-order chi connectivity index (χ1) is 9.84. The summed E-state index contributed by atoms with van der Waals surface area (Å²) in [6, 6.07) is 7.87. The fraction of sp³-hybridized carbons (Fsp3) is 0.500. The van der Waals surface area contributed by atoms with E-state index < -0.39 is 0 Å². The fourth-order valence-electron chi connectivity index (χ4n) is 1.77. The van der Waals surface area contributed by atoms with Crippen LogP contribution in [0.4, 0.5) is 5.69 Å². The predicted molar refractivity (Wildman–Crippen MR) is 104 cm³/mol. The van der Waals surface area contributed by atoms with Gasteiger partial charge in [-0.1, -0.05) is 19.1 Å². The van der Waals surface area contributed by atoms with Gasteiger partial charge in [-0.15, -0.1) is 24.0 Å². The number of amides is 1. The smallest absolute Gasteiger partial charge is 0.243 e. The first-order valence-electron chi connectivity index (χ1n) is 7.21. The van der Waals surface area contributed by atoms with Crippen molar-refractivity contribution in [2.45, 2.75) is 39.7 Å². The molecule has 6 heteroatoms. The summed E-state index contributed by atoms with van der Waals surface area (Å²) in [5.74, 6) is 0.514. The van der Waals surface area contributed by atoms with Crippen LogP contribution in [0.25, 0.3) is 0 Å². The molecule has 0 radical (unpaired) electrons. The van der Waals surface area contributed by atoms with Crippen molar-refractivity contribution in [2.24, 2.45) is 4.99 Å². The first kappa shape index (κ1) is 20.7. The van der Waals surface area contributed by atoms with Crippen LogP contribution in [0.1, 0.15) is 33.3 Å². The van der Waals surface area contributed by atoms with Crippen molar-refractivity contribution >= 4 is 41.5 Å². The van der Waals surface area contributed by atoms with Crippen LogP contribution >= 0.6 is 24.0 Å². The average Bonchev–Trinajstić information content (AvgIpc) is 2.42. The number of nitrogens with one attached hydrogen (secondary N) is 3. The van der Waals surface area contributed by atoms with Gasteiger partial charge in [0.15, 0.2) is 5.96 Å². The lowest BCUT2D eigenvalue weighted by molar-refractivity contribution is -0.115. The van der Waals surface area contributed by atoms with Crippen LogP contribution in [0, 0.1) is 0 Å². The summed E-state index contributed by atoms with van der Waals surface area (Å²) in [6.45, 7) is 8.37. The van der Waals surface area contributed by atoms with Crippen LogP contribution in [0.5, 0.6) is 0 Å². The molecule has 5 nitrogen and oxygen atoms in total. The number of guanidine groups is 1. The summed E-state index contributed by atoms with van der Waals surface area (Å²) in [5.41, 5.74) is 1.92. The Bertz CT molecular complexity index is 509. The van der Waals surface area contributed by atoms with E-state index in [0.29, 0.717) is 5.96 Å². The van der Waals surface area contributed by atoms with Gasteiger partial charge in [0.1, 0.15) is 0 Å². The lowest BCUT2D eigenvalue weighted by atomic mass is 10.1. The average molecular weight is 418 g/mol. The minimum Gasteiger partial charge on any atom is -0.352 e. The minimum absolute atomic E-state index is 0. The van der Waals surface area contributed by atoms with Crippen molar-refractivity contribution in [3.05, 3.63) is 29.8 Å². The van der Waals surface area contributed by atoms with Crippen LogP contribution in [0.3, 0.4) is 0 Å². The molecule has 0 aromatic heterocycles. The molecule has 0 fully saturated rings. The van der Waals surface area contributed by atoms with E-state index in [1.165, 1.54) is 5.56 Å². The quantitative estimate of drug-likeness (QED) is 0.400. The third-order valence-corrected chi connectivity index (χ3v) is 2.75. The lowest BCUT2D eigenvalue weighted by Crippen LogP contribution is -2.49. The maximum atomic E-state index is 11.9. The highest BCUT2D eigenvalue weighted by atomic mass is 127. The summed E-state index contributed by atoms with van der Waals surface area (Å²) in [7, 11) is 1.68. The molecular formula is C16H27IN4O. The molecule has 0 unspecified atom stereocenters. The molecule has 1 amide bonds. The molecule has 0 aliphatic rings. The van der Waals surface area contributed by atoms with Crippen molar-refractivity contribution in [2.75, 3.05) is 18.9 Å². The summed E-state index contributed by atoms with van der Waals surface area (Å²) < 4.78 is 0. The minimum atomic E-state index is -0.103. The monoisotopic (exact) mass is 418 g/mol. The van der Waals surface area contributed by atoms with Crippen molar-refractivity contribution in [1.82, 2.24) is 10.6 Å². The molecular weight excluding hydrogens is 391 g/mol. The zero-order valence-corrected chi connectivity index (χ0v) is 16.3. The lowest BCUT2D eigenvalue weighted by Gasteiger charge is -2.23. The summed E-state index contributed by atoms with van der Waals surface area (Å²) in [5, 5.41) is 9.08. The third-order valence-electron chi connectivity index (χ3n) is 2.75. The Kier molecular flexibility index (Phi) is 9.08. The van der Waals surface area contributed by atoms with Crippen molar-refractivity contribution in [3.63, 3.8) is 0 Å². The summed E-state index contributed by atoms with van der Waals surface area (Å²) in [6.07, 6.45) is 0.949. The van der Waals surface area contributed by atoms with Gasteiger partial charge in [-0.05, 0) is 44.9 Å². The number of halogens is 1. The first-order valence-corrected chi connectivity index (χ1v) is 7.21. The van der Waals surface area contributed by atoms with Gasteiger partial charge >= 0.3 is 0 Å². The zero-order valence-electron chi connectivity index (χ0n) is 14.0. The molecule has 0 aliphatic carbocycles. The number of hydrogen-bond donors (Lipinski definition) is 3. The van der Waals surface area contributed by atoms with Crippen molar-refractivity contribution < 1.29 is 4.79 Å². The van der Waals surface area contributed by atoms with Gasteiger partial charge in [0.25, 0.3) is 0 Å². The number of hydrogen-bond acceptors (Lipinski definition) is 2. The Hall–Kier alpha value is -1.31. The Morgan fingerprint density at radius 3 is 2.50 bits per heavy atom. The summed E-state index contributed by atoms with van der Waals surface area (Å²) >= 11 is 0. The molecule has 0 heterocycles. The molecule has 1 aromatic carbocycles. The number of rotatable bonds is 4. The number of nitrogens with zero attached hydrogens (tertiary/aromatic N) is 1. The van der Waals surface area contributed by atoms with Gasteiger partial charge in [0, 0.05) is 18.3 Å². The van der Waals surface area contributed by atoms with Gasteiger partial charge in [0.2, 0.25) is 5.91 Å². The van der Waals surface area contributed by atoms with E-state index in [-0.39, 0.29) is 42.0 Å². The molecule has 124 valence electrons. The number of aliphatic imine (C=N–C) groups is 1. The van der Waals surface area contributed by atoms with Gasteiger partial charge in [-0.3, -0.25) is 9.79 Å². The molecule has 22 heavy (non-hydrogen) atoms. The second-order valence-corrected chi connectivity index (χ2v) is 5.90. The molecule has 0 bridgehead atoms. The van der Waals surface area contributed by atoms with Crippen LogP contribution in [-0.4, -0.2) is 31.0 Å². The second kappa shape index (κ2) is 9.66. The second-order valence-electron chi connectivity index (χ2n) is 5.90. The molecule has 3 N–H and O–H groups in total. The van der Waals surface area contributed by atoms with Gasteiger partial charge in [-0.25, -0.2) is 0 Å². The third kappa shape index (κ3) is 8.21. The fourth-order valence-corrected chi connectivity index (χ4v) is 1.77. The molecule has 0 aliphatic heterocycles. The highest BCUT2D eigenvalue weighted by molar-refractivity contribution is 14.0. The number of benzene rings is 1. The summed E-state index contributed by atoms with van der Waals surface area (Å²) in [4.78, 5) is 16.0. The maximum absolute atomic E-state index is 11.9. The Morgan fingerprint density at radius 2 is 1.95 bits per heavy atom. The maximum Gasteiger partial charge on any atom is 0.243 e. The molecule has 0 saturated carbocycles. The van der Waals surface area contributed by atoms with Crippen molar-refractivity contribution in [3.8, 4) is 0 Å². The molecule has 1 rings (SSSR count). The number of aryl methyl sites for hydroxylation is 1. The number of carbonyl (C=O) groups excluding carboxylic acids is 1. The number of carbonyl (C=O) groups is 1. The SMILES string of the molecule is CCc1cccc(NC(=O)CNC(=NC)NC(C)(C)C)c1.I. The van der Waals surface area contributed by atoms with E-state index in [2.05, 4.69) is 27.9 Å². The van der Waals surface area contributed by atoms with Crippen LogP contribution in [0.2, 0.25) is 0 Å². The normalized spacial score (nSPS) is 11.4. The number of anilines is 1. The molecule has 0 atom stereocenters. The Labute approximate surface area is 150 Å². The predicted octanol–water partition coefficient (Wildman–Crippen LogP) is 2.77.